The molecule has 0 spiro atoms. The number of Topliss-reactive ketones (excluding diaryl/α,β-unsaturated/α-hetero) is 1. The molecule has 0 heterocycles. The summed E-state index contributed by atoms with van der Waals surface area (Å²) in [4.78, 5) is 33.6. The van der Waals surface area contributed by atoms with Crippen molar-refractivity contribution in [2.24, 2.45) is 0 Å². The van der Waals surface area contributed by atoms with Gasteiger partial charge in [0.25, 0.3) is 5.60 Å². The molecule has 0 aromatic heterocycles. The number of benzene rings is 1. The van der Waals surface area contributed by atoms with E-state index in [0.717, 1.165) is 0 Å². The van der Waals surface area contributed by atoms with Crippen molar-refractivity contribution in [2.75, 3.05) is 0 Å². The molecule has 0 aliphatic heterocycles. The summed E-state index contributed by atoms with van der Waals surface area (Å²) in [5, 5.41) is 36.5. The summed E-state index contributed by atoms with van der Waals surface area (Å²) in [5.74, 6) is -5.53. The van der Waals surface area contributed by atoms with Crippen LogP contribution in [0.3, 0.4) is 0 Å². The summed E-state index contributed by atoms with van der Waals surface area (Å²) >= 11 is 0. The Labute approximate surface area is 107 Å². The van der Waals surface area contributed by atoms with Crippen molar-refractivity contribution in [1.82, 2.24) is 0 Å². The average Bonchev–Trinajstić information content (AvgIpc) is 2.35. The SMILES string of the molecule is Cc1cccc(C(=O)C(O)(C(=O)O)C(O)C(=O)O)c1. The van der Waals surface area contributed by atoms with Gasteiger partial charge in [-0.1, -0.05) is 23.8 Å². The van der Waals surface area contributed by atoms with Crippen molar-refractivity contribution < 1.29 is 34.8 Å². The quantitative estimate of drug-likeness (QED) is 0.415. The molecule has 7 nitrogen and oxygen atoms in total. The largest absolute Gasteiger partial charge is 0.479 e. The Hall–Kier alpha value is -2.25. The number of aryl methyl sites for hydroxylation is 1. The molecule has 0 aliphatic rings. The van der Waals surface area contributed by atoms with Gasteiger partial charge in [0, 0.05) is 5.56 Å². The zero-order chi connectivity index (χ0) is 14.8. The van der Waals surface area contributed by atoms with Crippen LogP contribution in [0.15, 0.2) is 24.3 Å². The van der Waals surface area contributed by atoms with Gasteiger partial charge in [0.1, 0.15) is 0 Å². The van der Waals surface area contributed by atoms with Gasteiger partial charge in [-0.05, 0) is 13.0 Å². The predicted octanol–water partition coefficient (Wildman–Crippen LogP) is -0.561. The number of ketones is 1. The summed E-state index contributed by atoms with van der Waals surface area (Å²) in [6.45, 7) is 1.63. The molecule has 0 saturated carbocycles. The minimum Gasteiger partial charge on any atom is -0.479 e. The van der Waals surface area contributed by atoms with Gasteiger partial charge in [-0.2, -0.15) is 0 Å². The topological polar surface area (TPSA) is 132 Å². The highest BCUT2D eigenvalue weighted by atomic mass is 16.4. The lowest BCUT2D eigenvalue weighted by molar-refractivity contribution is -0.175. The molecule has 0 bridgehead atoms. The molecule has 102 valence electrons. The van der Waals surface area contributed by atoms with Gasteiger partial charge in [-0.15, -0.1) is 0 Å². The van der Waals surface area contributed by atoms with Crippen molar-refractivity contribution in [3.05, 3.63) is 35.4 Å². The third kappa shape index (κ3) is 2.61. The number of carbonyl (C=O) groups excluding carboxylic acids is 1. The highest BCUT2D eigenvalue weighted by molar-refractivity contribution is 6.17. The number of rotatable bonds is 5. The maximum Gasteiger partial charge on any atom is 0.347 e. The van der Waals surface area contributed by atoms with Crippen LogP contribution in [-0.2, 0) is 9.59 Å². The fourth-order valence-electron chi connectivity index (χ4n) is 1.52. The van der Waals surface area contributed by atoms with Gasteiger partial charge in [0.05, 0.1) is 0 Å². The van der Waals surface area contributed by atoms with Crippen LogP contribution in [0.25, 0.3) is 0 Å². The Morgan fingerprint density at radius 3 is 2.21 bits per heavy atom. The molecule has 1 aromatic rings. The second-order valence-corrected chi connectivity index (χ2v) is 4.01. The Morgan fingerprint density at radius 1 is 1.21 bits per heavy atom. The van der Waals surface area contributed by atoms with Gasteiger partial charge >= 0.3 is 11.9 Å². The van der Waals surface area contributed by atoms with Crippen LogP contribution in [0, 0.1) is 6.92 Å². The molecule has 4 N–H and O–H groups in total. The van der Waals surface area contributed by atoms with E-state index >= 15 is 0 Å². The molecule has 2 unspecified atom stereocenters. The summed E-state index contributed by atoms with van der Waals surface area (Å²) in [7, 11) is 0. The van der Waals surface area contributed by atoms with Crippen molar-refractivity contribution in [2.45, 2.75) is 18.6 Å². The van der Waals surface area contributed by atoms with Gasteiger partial charge in [-0.25, -0.2) is 9.59 Å². The zero-order valence-corrected chi connectivity index (χ0v) is 9.90. The first-order valence-electron chi connectivity index (χ1n) is 5.19. The second kappa shape index (κ2) is 5.17. The van der Waals surface area contributed by atoms with E-state index in [1.165, 1.54) is 18.2 Å². The fraction of sp³-hybridized carbons (Fsp3) is 0.250. The van der Waals surface area contributed by atoms with E-state index in [2.05, 4.69) is 0 Å². The third-order valence-electron chi connectivity index (χ3n) is 2.58. The van der Waals surface area contributed by atoms with Gasteiger partial charge in [0.15, 0.2) is 6.10 Å². The standard InChI is InChI=1S/C12H12O7/c1-6-3-2-4-7(5-6)8(13)12(19,11(17)18)9(14)10(15)16/h2-5,9,14,19H,1H3,(H,15,16)(H,17,18). The fourth-order valence-corrected chi connectivity index (χ4v) is 1.52. The van der Waals surface area contributed by atoms with E-state index in [1.807, 2.05) is 0 Å². The lowest BCUT2D eigenvalue weighted by Crippen LogP contribution is -2.58. The maximum absolute atomic E-state index is 12.0. The van der Waals surface area contributed by atoms with Crippen LogP contribution in [0.2, 0.25) is 0 Å². The summed E-state index contributed by atoms with van der Waals surface area (Å²) in [6.07, 6.45) is -2.77. The van der Waals surface area contributed by atoms with Crippen LogP contribution >= 0.6 is 0 Å². The van der Waals surface area contributed by atoms with E-state index in [1.54, 1.807) is 13.0 Å². The summed E-state index contributed by atoms with van der Waals surface area (Å²) in [5.41, 5.74) is -3.02. The molecular weight excluding hydrogens is 256 g/mol. The van der Waals surface area contributed by atoms with Gasteiger partial charge in [-0.3, -0.25) is 4.79 Å². The Kier molecular flexibility index (Phi) is 4.03. The van der Waals surface area contributed by atoms with Gasteiger partial charge in [0.2, 0.25) is 5.78 Å². The smallest absolute Gasteiger partial charge is 0.347 e. The molecule has 19 heavy (non-hydrogen) atoms. The van der Waals surface area contributed by atoms with Crippen LogP contribution in [0.1, 0.15) is 15.9 Å². The Bertz CT molecular complexity index is 537. The van der Waals surface area contributed by atoms with E-state index in [9.17, 15) is 24.6 Å². The third-order valence-corrected chi connectivity index (χ3v) is 2.58. The van der Waals surface area contributed by atoms with E-state index < -0.39 is 29.4 Å². The number of hydrogen-bond acceptors (Lipinski definition) is 5. The zero-order valence-electron chi connectivity index (χ0n) is 9.90. The minimum absolute atomic E-state index is 0.204. The first-order valence-corrected chi connectivity index (χ1v) is 5.19. The average molecular weight is 268 g/mol. The van der Waals surface area contributed by atoms with Crippen LogP contribution < -0.4 is 0 Å². The lowest BCUT2D eigenvalue weighted by Gasteiger charge is -2.24. The Morgan fingerprint density at radius 2 is 1.79 bits per heavy atom. The summed E-state index contributed by atoms with van der Waals surface area (Å²) in [6, 6.07) is 5.57. The van der Waals surface area contributed by atoms with E-state index in [0.29, 0.717) is 5.56 Å². The molecular formula is C12H12O7. The first-order chi connectivity index (χ1) is 8.71. The predicted molar refractivity (Wildman–Crippen MR) is 61.7 cm³/mol. The molecule has 0 fully saturated rings. The number of carbonyl (C=O) groups is 3. The molecule has 1 aromatic carbocycles. The van der Waals surface area contributed by atoms with Crippen molar-refractivity contribution in [1.29, 1.82) is 0 Å². The molecule has 7 heteroatoms. The molecule has 0 saturated heterocycles. The molecule has 0 aliphatic carbocycles. The minimum atomic E-state index is -3.43. The number of aliphatic carboxylic acids is 2. The molecule has 1 rings (SSSR count). The van der Waals surface area contributed by atoms with Crippen molar-refractivity contribution in [3.8, 4) is 0 Å². The second-order valence-electron chi connectivity index (χ2n) is 4.01. The normalized spacial score (nSPS) is 15.3. The highest BCUT2D eigenvalue weighted by Gasteiger charge is 2.54. The highest BCUT2D eigenvalue weighted by Crippen LogP contribution is 2.20. The number of aliphatic hydroxyl groups excluding tert-OH is 1. The summed E-state index contributed by atoms with van der Waals surface area (Å²) < 4.78 is 0. The van der Waals surface area contributed by atoms with Crippen LogP contribution in [0.4, 0.5) is 0 Å². The number of carboxylic acid groups (broad SMARTS) is 2. The number of carboxylic acids is 2. The number of hydrogen-bond donors (Lipinski definition) is 4. The van der Waals surface area contributed by atoms with Gasteiger partial charge < -0.3 is 20.4 Å². The molecule has 0 amide bonds. The van der Waals surface area contributed by atoms with Crippen LogP contribution in [-0.4, -0.2) is 49.9 Å². The molecule has 0 radical (unpaired) electrons. The van der Waals surface area contributed by atoms with Crippen LogP contribution in [0.5, 0.6) is 0 Å². The first kappa shape index (κ1) is 14.8. The van der Waals surface area contributed by atoms with Crippen molar-refractivity contribution in [3.63, 3.8) is 0 Å². The van der Waals surface area contributed by atoms with Crippen molar-refractivity contribution >= 4 is 17.7 Å². The molecule has 2 atom stereocenters. The lowest BCUT2D eigenvalue weighted by atomic mass is 9.87. The number of aliphatic hydroxyl groups is 2. The maximum atomic E-state index is 12.0. The van der Waals surface area contributed by atoms with E-state index in [4.69, 9.17) is 10.2 Å². The monoisotopic (exact) mass is 268 g/mol. The Balaban J connectivity index is 3.31. The van der Waals surface area contributed by atoms with E-state index in [-0.39, 0.29) is 5.56 Å².